The van der Waals surface area contributed by atoms with E-state index in [4.69, 9.17) is 4.74 Å². The van der Waals surface area contributed by atoms with Gasteiger partial charge in [-0.05, 0) is 30.5 Å². The maximum atomic E-state index is 5.09. The van der Waals surface area contributed by atoms with Gasteiger partial charge in [0.15, 0.2) is 0 Å². The average Bonchev–Trinajstić information content (AvgIpc) is 2.75. The van der Waals surface area contributed by atoms with Crippen molar-refractivity contribution in [2.75, 3.05) is 20.3 Å². The Hall–Kier alpha value is -0.800. The molecule has 0 aromatic carbocycles. The molecule has 1 unspecified atom stereocenters. The molecule has 1 heterocycles. The maximum absolute atomic E-state index is 5.09. The first-order chi connectivity index (χ1) is 8.19. The van der Waals surface area contributed by atoms with Crippen LogP contribution in [0.4, 0.5) is 0 Å². The van der Waals surface area contributed by atoms with E-state index in [1.54, 1.807) is 7.11 Å². The normalized spacial score (nSPS) is 13.2. The topological polar surface area (TPSA) is 26.2 Å². The molecule has 3 heteroatoms. The summed E-state index contributed by atoms with van der Waals surface area (Å²) in [5, 5.41) is 3.61. The molecule has 0 saturated heterocycles. The van der Waals surface area contributed by atoms with E-state index in [-0.39, 0.29) is 0 Å². The summed E-state index contributed by atoms with van der Waals surface area (Å²) >= 11 is 0. The number of hydrogen-bond acceptors (Lipinski definition) is 2. The number of nitrogens with zero attached hydrogens (tertiary/aromatic N) is 1. The fourth-order valence-corrected chi connectivity index (χ4v) is 2.02. The minimum Gasteiger partial charge on any atom is -0.383 e. The van der Waals surface area contributed by atoms with Crippen LogP contribution in [0.15, 0.2) is 18.5 Å². The summed E-state index contributed by atoms with van der Waals surface area (Å²) < 4.78 is 7.29. The van der Waals surface area contributed by atoms with Crippen molar-refractivity contribution in [2.45, 2.75) is 39.8 Å². The number of nitrogens with one attached hydrogen (secondary N) is 1. The van der Waals surface area contributed by atoms with Crippen LogP contribution in [0.25, 0.3) is 0 Å². The zero-order valence-corrected chi connectivity index (χ0v) is 11.6. The Bertz CT molecular complexity index is 307. The summed E-state index contributed by atoms with van der Waals surface area (Å²) in [4.78, 5) is 0. The first-order valence-corrected chi connectivity index (χ1v) is 6.57. The van der Waals surface area contributed by atoms with Gasteiger partial charge in [0.1, 0.15) is 0 Å². The summed E-state index contributed by atoms with van der Waals surface area (Å²) in [5.41, 5.74) is 1.38. The highest BCUT2D eigenvalue weighted by Gasteiger charge is 2.15. The highest BCUT2D eigenvalue weighted by Crippen LogP contribution is 2.21. The van der Waals surface area contributed by atoms with Gasteiger partial charge in [-0.1, -0.05) is 20.8 Å². The average molecular weight is 238 g/mol. The Kier molecular flexibility index (Phi) is 6.30. The molecule has 17 heavy (non-hydrogen) atoms. The fraction of sp³-hybridized carbons (Fsp3) is 0.714. The van der Waals surface area contributed by atoms with E-state index < -0.39 is 0 Å². The molecule has 0 aliphatic rings. The van der Waals surface area contributed by atoms with Gasteiger partial charge in [0, 0.05) is 32.1 Å². The second kappa shape index (κ2) is 7.51. The van der Waals surface area contributed by atoms with Crippen LogP contribution in [-0.2, 0) is 11.3 Å². The largest absolute Gasteiger partial charge is 0.383 e. The van der Waals surface area contributed by atoms with Gasteiger partial charge in [-0.3, -0.25) is 0 Å². The van der Waals surface area contributed by atoms with Crippen LogP contribution in [0.5, 0.6) is 0 Å². The van der Waals surface area contributed by atoms with Crippen LogP contribution in [0.2, 0.25) is 0 Å². The Morgan fingerprint density at radius 1 is 1.41 bits per heavy atom. The third-order valence-electron chi connectivity index (χ3n) is 2.97. The molecule has 1 N–H and O–H groups in total. The van der Waals surface area contributed by atoms with Crippen molar-refractivity contribution in [2.24, 2.45) is 5.92 Å². The Labute approximate surface area is 105 Å². The van der Waals surface area contributed by atoms with E-state index in [1.807, 2.05) is 0 Å². The van der Waals surface area contributed by atoms with Crippen molar-refractivity contribution >= 4 is 0 Å². The van der Waals surface area contributed by atoms with Crippen molar-refractivity contribution in [3.05, 3.63) is 24.0 Å². The predicted octanol–water partition coefficient (Wildman–Crippen LogP) is 2.83. The van der Waals surface area contributed by atoms with Crippen LogP contribution in [0, 0.1) is 5.92 Å². The number of methoxy groups -OCH3 is 1. The third kappa shape index (κ3) is 4.52. The van der Waals surface area contributed by atoms with E-state index in [0.717, 1.165) is 19.7 Å². The molecule has 1 aromatic rings. The van der Waals surface area contributed by atoms with E-state index in [0.29, 0.717) is 12.0 Å². The van der Waals surface area contributed by atoms with Crippen molar-refractivity contribution in [1.82, 2.24) is 9.88 Å². The van der Waals surface area contributed by atoms with Gasteiger partial charge in [0.05, 0.1) is 6.61 Å². The molecule has 0 amide bonds. The first-order valence-electron chi connectivity index (χ1n) is 6.57. The fourth-order valence-electron chi connectivity index (χ4n) is 2.02. The lowest BCUT2D eigenvalue weighted by atomic mass is 9.98. The second-order valence-electron chi connectivity index (χ2n) is 4.85. The Morgan fingerprint density at radius 3 is 2.76 bits per heavy atom. The van der Waals surface area contributed by atoms with Crippen molar-refractivity contribution in [3.8, 4) is 0 Å². The van der Waals surface area contributed by atoms with Gasteiger partial charge in [0.2, 0.25) is 0 Å². The predicted molar refractivity (Wildman–Crippen MR) is 72.2 cm³/mol. The third-order valence-corrected chi connectivity index (χ3v) is 2.97. The number of rotatable bonds is 8. The van der Waals surface area contributed by atoms with Gasteiger partial charge in [-0.25, -0.2) is 0 Å². The molecular formula is C14H26N2O. The lowest BCUT2D eigenvalue weighted by Crippen LogP contribution is -2.26. The van der Waals surface area contributed by atoms with Gasteiger partial charge in [-0.15, -0.1) is 0 Å². The molecule has 0 radical (unpaired) electrons. The zero-order valence-electron chi connectivity index (χ0n) is 11.6. The quantitative estimate of drug-likeness (QED) is 0.753. The van der Waals surface area contributed by atoms with Crippen LogP contribution in [0.3, 0.4) is 0 Å². The number of hydrogen-bond donors (Lipinski definition) is 1. The van der Waals surface area contributed by atoms with Crippen LogP contribution < -0.4 is 5.32 Å². The molecule has 0 spiro atoms. The lowest BCUT2D eigenvalue weighted by molar-refractivity contribution is 0.187. The molecule has 3 nitrogen and oxygen atoms in total. The van der Waals surface area contributed by atoms with Gasteiger partial charge < -0.3 is 14.6 Å². The van der Waals surface area contributed by atoms with Crippen LogP contribution >= 0.6 is 0 Å². The molecular weight excluding hydrogens is 212 g/mol. The minimum absolute atomic E-state index is 0.457. The summed E-state index contributed by atoms with van der Waals surface area (Å²) in [6.45, 7) is 9.50. The Balaban J connectivity index is 2.63. The second-order valence-corrected chi connectivity index (χ2v) is 4.85. The first kappa shape index (κ1) is 14.3. The maximum Gasteiger partial charge on any atom is 0.0641 e. The summed E-state index contributed by atoms with van der Waals surface area (Å²) in [6.07, 6.45) is 5.54. The van der Waals surface area contributed by atoms with E-state index in [9.17, 15) is 0 Å². The number of ether oxygens (including phenoxy) is 1. The van der Waals surface area contributed by atoms with Crippen molar-refractivity contribution < 1.29 is 4.74 Å². The van der Waals surface area contributed by atoms with Crippen molar-refractivity contribution in [3.63, 3.8) is 0 Å². The SMILES string of the molecule is CCCNC(c1ccn(CCOC)c1)C(C)C. The Morgan fingerprint density at radius 2 is 2.18 bits per heavy atom. The standard InChI is InChI=1S/C14H26N2O/c1-5-7-15-14(12(2)3)13-6-8-16(11-13)9-10-17-4/h6,8,11-12,14-15H,5,7,9-10H2,1-4H3. The van der Waals surface area contributed by atoms with Crippen LogP contribution in [0.1, 0.15) is 38.8 Å². The lowest BCUT2D eigenvalue weighted by Gasteiger charge is -2.21. The van der Waals surface area contributed by atoms with E-state index >= 15 is 0 Å². The summed E-state index contributed by atoms with van der Waals surface area (Å²) in [6, 6.07) is 2.67. The molecule has 0 bridgehead atoms. The highest BCUT2D eigenvalue weighted by molar-refractivity contribution is 5.16. The minimum atomic E-state index is 0.457. The van der Waals surface area contributed by atoms with Crippen molar-refractivity contribution in [1.29, 1.82) is 0 Å². The smallest absolute Gasteiger partial charge is 0.0641 e. The zero-order chi connectivity index (χ0) is 12.7. The monoisotopic (exact) mass is 238 g/mol. The molecule has 98 valence electrons. The van der Waals surface area contributed by atoms with E-state index in [1.165, 1.54) is 12.0 Å². The van der Waals surface area contributed by atoms with Gasteiger partial charge in [0.25, 0.3) is 0 Å². The molecule has 0 aliphatic carbocycles. The van der Waals surface area contributed by atoms with Gasteiger partial charge >= 0.3 is 0 Å². The number of aromatic nitrogens is 1. The highest BCUT2D eigenvalue weighted by atomic mass is 16.5. The molecule has 1 aromatic heterocycles. The summed E-state index contributed by atoms with van der Waals surface area (Å²) in [5.74, 6) is 0.611. The summed E-state index contributed by atoms with van der Waals surface area (Å²) in [7, 11) is 1.74. The van der Waals surface area contributed by atoms with E-state index in [2.05, 4.69) is 49.1 Å². The van der Waals surface area contributed by atoms with Crippen LogP contribution in [-0.4, -0.2) is 24.8 Å². The molecule has 0 aliphatic heterocycles. The molecule has 1 rings (SSSR count). The molecule has 0 fully saturated rings. The van der Waals surface area contributed by atoms with Gasteiger partial charge in [-0.2, -0.15) is 0 Å². The molecule has 0 saturated carbocycles. The molecule has 1 atom stereocenters.